The van der Waals surface area contributed by atoms with E-state index in [0.29, 0.717) is 17.9 Å². The first-order valence-corrected chi connectivity index (χ1v) is 9.29. The molecule has 0 fully saturated rings. The number of amides is 2. The zero-order valence-electron chi connectivity index (χ0n) is 15.9. The topological polar surface area (TPSA) is 115 Å². The van der Waals surface area contributed by atoms with Gasteiger partial charge in [-0.25, -0.2) is 24.0 Å². The molecular formula is C20H19N7O3. The van der Waals surface area contributed by atoms with E-state index < -0.39 is 6.03 Å². The predicted molar refractivity (Wildman–Crippen MR) is 111 cm³/mol. The third kappa shape index (κ3) is 4.27. The molecule has 0 aliphatic carbocycles. The van der Waals surface area contributed by atoms with Gasteiger partial charge in [0.2, 0.25) is 0 Å². The van der Waals surface area contributed by atoms with Crippen molar-refractivity contribution in [2.45, 2.75) is 13.1 Å². The van der Waals surface area contributed by atoms with Gasteiger partial charge in [-0.15, -0.1) is 5.10 Å². The van der Waals surface area contributed by atoms with Crippen molar-refractivity contribution in [1.29, 1.82) is 0 Å². The number of carbonyl (C=O) groups excluding carboxylic acids is 1. The Kier molecular flexibility index (Phi) is 5.37. The molecular weight excluding hydrogens is 386 g/mol. The summed E-state index contributed by atoms with van der Waals surface area (Å²) in [5.74, 6) is 0. The molecule has 152 valence electrons. The minimum atomic E-state index is -0.400. The largest absolute Gasteiger partial charge is 0.350 e. The number of anilines is 1. The molecule has 0 radical (unpaired) electrons. The number of benzene rings is 1. The van der Waals surface area contributed by atoms with Crippen LogP contribution in [0.3, 0.4) is 0 Å². The number of urea groups is 1. The Morgan fingerprint density at radius 1 is 1.03 bits per heavy atom. The Bertz CT molecular complexity index is 1310. The van der Waals surface area contributed by atoms with Crippen molar-refractivity contribution >= 4 is 17.4 Å². The lowest BCUT2D eigenvalue weighted by Crippen LogP contribution is -2.34. The van der Waals surface area contributed by atoms with Crippen LogP contribution in [0.25, 0.3) is 5.65 Å². The molecule has 0 spiro atoms. The third-order valence-corrected chi connectivity index (χ3v) is 4.42. The highest BCUT2D eigenvalue weighted by Crippen LogP contribution is 2.11. The molecule has 0 unspecified atom stereocenters. The summed E-state index contributed by atoms with van der Waals surface area (Å²) in [7, 11) is 0. The first kappa shape index (κ1) is 19.1. The number of nitrogens with zero attached hydrogens (tertiary/aromatic N) is 5. The fourth-order valence-electron chi connectivity index (χ4n) is 3.02. The minimum Gasteiger partial charge on any atom is -0.336 e. The number of aromatic nitrogens is 5. The van der Waals surface area contributed by atoms with E-state index >= 15 is 0 Å². The van der Waals surface area contributed by atoms with Crippen molar-refractivity contribution in [2.24, 2.45) is 0 Å². The summed E-state index contributed by atoms with van der Waals surface area (Å²) in [5, 5.41) is 9.66. The number of rotatable bonds is 6. The lowest BCUT2D eigenvalue weighted by molar-refractivity contribution is 0.251. The van der Waals surface area contributed by atoms with Gasteiger partial charge < -0.3 is 10.6 Å². The summed E-state index contributed by atoms with van der Waals surface area (Å²) in [6.07, 6.45) is 4.75. The molecule has 0 bridgehead atoms. The van der Waals surface area contributed by atoms with Crippen LogP contribution in [0.15, 0.2) is 76.7 Å². The molecule has 10 heteroatoms. The van der Waals surface area contributed by atoms with E-state index in [1.54, 1.807) is 54.9 Å². The first-order valence-electron chi connectivity index (χ1n) is 9.29. The Labute approximate surface area is 170 Å². The average Bonchev–Trinajstić information content (AvgIpc) is 3.06. The molecule has 0 atom stereocenters. The molecule has 0 aliphatic heterocycles. The number of pyridine rings is 1. The van der Waals surface area contributed by atoms with Crippen LogP contribution in [0.2, 0.25) is 0 Å². The molecule has 0 aliphatic rings. The minimum absolute atomic E-state index is 0.236. The molecule has 3 heterocycles. The highest BCUT2D eigenvalue weighted by molar-refractivity contribution is 5.89. The molecule has 0 saturated carbocycles. The van der Waals surface area contributed by atoms with Crippen LogP contribution < -0.4 is 22.0 Å². The van der Waals surface area contributed by atoms with E-state index in [2.05, 4.69) is 20.7 Å². The molecule has 1 aromatic carbocycles. The van der Waals surface area contributed by atoms with Crippen molar-refractivity contribution in [3.8, 4) is 0 Å². The van der Waals surface area contributed by atoms with E-state index in [1.165, 1.54) is 19.8 Å². The van der Waals surface area contributed by atoms with Crippen LogP contribution in [0.4, 0.5) is 10.5 Å². The van der Waals surface area contributed by atoms with Crippen LogP contribution in [0.5, 0.6) is 0 Å². The molecule has 2 N–H and O–H groups in total. The second-order valence-electron chi connectivity index (χ2n) is 6.55. The first-order chi connectivity index (χ1) is 14.6. The zero-order chi connectivity index (χ0) is 20.9. The van der Waals surface area contributed by atoms with Crippen LogP contribution in [0.1, 0.15) is 5.56 Å². The lowest BCUT2D eigenvalue weighted by atomic mass is 10.2. The van der Waals surface area contributed by atoms with Crippen LogP contribution in [-0.4, -0.2) is 36.3 Å². The monoisotopic (exact) mass is 405 g/mol. The maximum atomic E-state index is 12.2. The molecule has 30 heavy (non-hydrogen) atoms. The van der Waals surface area contributed by atoms with Gasteiger partial charge in [0, 0.05) is 30.8 Å². The van der Waals surface area contributed by atoms with E-state index in [1.807, 2.05) is 6.07 Å². The summed E-state index contributed by atoms with van der Waals surface area (Å²) < 4.78 is 4.23. The SMILES string of the molecule is O=C(NCCn1nc2ccccn2c1=O)Nc1cccc(Cn2cccnc2=O)c1. The van der Waals surface area contributed by atoms with Crippen molar-refractivity contribution in [3.63, 3.8) is 0 Å². The molecule has 0 saturated heterocycles. The maximum absolute atomic E-state index is 12.2. The Hall–Kier alpha value is -4.21. The summed E-state index contributed by atoms with van der Waals surface area (Å²) in [5.41, 5.74) is 1.39. The van der Waals surface area contributed by atoms with Gasteiger partial charge in [0.25, 0.3) is 0 Å². The molecule has 2 amide bonds. The normalized spacial score (nSPS) is 10.8. The lowest BCUT2D eigenvalue weighted by Gasteiger charge is -2.10. The summed E-state index contributed by atoms with van der Waals surface area (Å²) in [6.45, 7) is 0.832. The van der Waals surface area contributed by atoms with Gasteiger partial charge in [-0.2, -0.15) is 0 Å². The smallest absolute Gasteiger partial charge is 0.336 e. The van der Waals surface area contributed by atoms with Gasteiger partial charge in [0.05, 0.1) is 13.1 Å². The van der Waals surface area contributed by atoms with Gasteiger partial charge in [0.15, 0.2) is 5.65 Å². The van der Waals surface area contributed by atoms with E-state index in [0.717, 1.165) is 5.56 Å². The number of hydrogen-bond donors (Lipinski definition) is 2. The number of carbonyl (C=O) groups is 1. The maximum Gasteiger partial charge on any atom is 0.350 e. The molecule has 3 aromatic heterocycles. The number of hydrogen-bond acceptors (Lipinski definition) is 5. The summed E-state index contributed by atoms with van der Waals surface area (Å²) >= 11 is 0. The standard InChI is InChI=1S/C20H19N7O3/c28-18(21-9-12-27-20(30)26-11-2-1-7-17(26)24-27)23-16-6-3-5-15(13-16)14-25-10-4-8-22-19(25)29/h1-8,10-11,13H,9,12,14H2,(H2,21,23,28). The Balaban J connectivity index is 1.34. The Morgan fingerprint density at radius 2 is 1.93 bits per heavy atom. The molecule has 4 aromatic rings. The quantitative estimate of drug-likeness (QED) is 0.495. The summed E-state index contributed by atoms with van der Waals surface area (Å²) in [6, 6.07) is 13.8. The van der Waals surface area contributed by atoms with Gasteiger partial charge >= 0.3 is 17.4 Å². The van der Waals surface area contributed by atoms with Crippen molar-refractivity contribution < 1.29 is 4.79 Å². The van der Waals surface area contributed by atoms with Crippen LogP contribution >= 0.6 is 0 Å². The number of nitrogens with one attached hydrogen (secondary N) is 2. The number of fused-ring (bicyclic) bond motifs is 1. The average molecular weight is 405 g/mol. The second kappa shape index (κ2) is 8.43. The van der Waals surface area contributed by atoms with Gasteiger partial charge in [-0.05, 0) is 35.9 Å². The Morgan fingerprint density at radius 3 is 2.77 bits per heavy atom. The third-order valence-electron chi connectivity index (χ3n) is 4.42. The fraction of sp³-hybridized carbons (Fsp3) is 0.150. The second-order valence-corrected chi connectivity index (χ2v) is 6.55. The van der Waals surface area contributed by atoms with Crippen molar-refractivity contribution in [3.05, 3.63) is 93.7 Å². The van der Waals surface area contributed by atoms with Crippen LogP contribution in [-0.2, 0) is 13.1 Å². The predicted octanol–water partition coefficient (Wildman–Crippen LogP) is 0.923. The van der Waals surface area contributed by atoms with Crippen molar-refractivity contribution in [2.75, 3.05) is 11.9 Å². The van der Waals surface area contributed by atoms with E-state index in [4.69, 9.17) is 0 Å². The van der Waals surface area contributed by atoms with Gasteiger partial charge in [-0.3, -0.25) is 8.97 Å². The molecule has 10 nitrogen and oxygen atoms in total. The zero-order valence-corrected chi connectivity index (χ0v) is 15.9. The fourth-order valence-corrected chi connectivity index (χ4v) is 3.02. The van der Waals surface area contributed by atoms with E-state index in [9.17, 15) is 14.4 Å². The van der Waals surface area contributed by atoms with Gasteiger partial charge in [0.1, 0.15) is 0 Å². The van der Waals surface area contributed by atoms with Crippen molar-refractivity contribution in [1.82, 2.24) is 29.0 Å². The molecule has 4 rings (SSSR count). The van der Waals surface area contributed by atoms with Gasteiger partial charge in [-0.1, -0.05) is 18.2 Å². The van der Waals surface area contributed by atoms with Crippen LogP contribution in [0, 0.1) is 0 Å². The summed E-state index contributed by atoms with van der Waals surface area (Å²) in [4.78, 5) is 39.9. The van der Waals surface area contributed by atoms with E-state index in [-0.39, 0.29) is 24.5 Å². The highest BCUT2D eigenvalue weighted by atomic mass is 16.2. The highest BCUT2D eigenvalue weighted by Gasteiger charge is 2.07.